The molecule has 0 spiro atoms. The first-order chi connectivity index (χ1) is 22.7. The summed E-state index contributed by atoms with van der Waals surface area (Å²) in [5, 5.41) is 0. The van der Waals surface area contributed by atoms with Gasteiger partial charge in [-0.2, -0.15) is 0 Å². The molecule has 0 aliphatic heterocycles. The molecule has 3 saturated carbocycles. The lowest BCUT2D eigenvalue weighted by atomic mass is 9.47. The number of allylic oxidation sites excluding steroid dienone is 5. The predicted molar refractivity (Wildman–Crippen MR) is 202 cm³/mol. The lowest BCUT2D eigenvalue weighted by Gasteiger charge is -2.58. The van der Waals surface area contributed by atoms with Crippen molar-refractivity contribution in [3.63, 3.8) is 0 Å². The average Bonchev–Trinajstić information content (AvgIpc) is 3.40. The Morgan fingerprint density at radius 2 is 1.55 bits per heavy atom. The largest absolute Gasteiger partial charge is 0.462 e. The number of carbonyl (C=O) groups excluding carboxylic acids is 1. The van der Waals surface area contributed by atoms with Gasteiger partial charge in [-0.15, -0.1) is 0 Å². The molecule has 47 heavy (non-hydrogen) atoms. The first-order valence-corrected chi connectivity index (χ1v) is 20.9. The standard InChI is InChI=1S/C45H76O2/c1-7-8-9-10-11-12-13-14-15-16-17-18-19-20-21-25-43(46)47-38-30-32-44(5)37(34-38)26-27-39-41-29-28-40(36(4)24-22-23-35(2)3)45(41,6)33-31-42(39)44/h11-12,14-15,26,35-36,38-42H,7-10,13,16-25,27-34H2,1-6H3/b12-11+,15-14+/t36-,38-,39+,40-,41+,42-,44-,45-/m1/s1. The van der Waals surface area contributed by atoms with Crippen LogP contribution in [0.25, 0.3) is 0 Å². The third-order valence-corrected chi connectivity index (χ3v) is 13.9. The summed E-state index contributed by atoms with van der Waals surface area (Å²) < 4.78 is 6.12. The van der Waals surface area contributed by atoms with E-state index in [1.54, 1.807) is 5.57 Å². The molecule has 0 aromatic heterocycles. The van der Waals surface area contributed by atoms with Crippen molar-refractivity contribution in [3.05, 3.63) is 36.0 Å². The van der Waals surface area contributed by atoms with Crippen molar-refractivity contribution >= 4 is 5.97 Å². The maximum absolute atomic E-state index is 12.8. The number of hydrogen-bond acceptors (Lipinski definition) is 2. The molecule has 0 unspecified atom stereocenters. The van der Waals surface area contributed by atoms with Gasteiger partial charge in [0.15, 0.2) is 0 Å². The number of ether oxygens (including phenoxy) is 1. The van der Waals surface area contributed by atoms with Crippen LogP contribution in [0.5, 0.6) is 0 Å². The van der Waals surface area contributed by atoms with Crippen molar-refractivity contribution in [2.24, 2.45) is 46.3 Å². The van der Waals surface area contributed by atoms with Crippen LogP contribution in [0.15, 0.2) is 36.0 Å². The first kappa shape index (κ1) is 38.5. The summed E-state index contributed by atoms with van der Waals surface area (Å²) >= 11 is 0. The van der Waals surface area contributed by atoms with E-state index in [2.05, 4.69) is 71.9 Å². The minimum absolute atomic E-state index is 0.0477. The minimum atomic E-state index is 0.0477. The van der Waals surface area contributed by atoms with Gasteiger partial charge in [0.1, 0.15) is 6.10 Å². The number of esters is 1. The van der Waals surface area contributed by atoms with Crippen LogP contribution in [0.1, 0.15) is 189 Å². The summed E-state index contributed by atoms with van der Waals surface area (Å²) in [6, 6.07) is 0. The van der Waals surface area contributed by atoms with Crippen LogP contribution in [0, 0.1) is 46.3 Å². The van der Waals surface area contributed by atoms with E-state index < -0.39 is 0 Å². The zero-order valence-corrected chi connectivity index (χ0v) is 32.0. The van der Waals surface area contributed by atoms with E-state index in [9.17, 15) is 4.79 Å². The van der Waals surface area contributed by atoms with Gasteiger partial charge in [-0.3, -0.25) is 4.79 Å². The molecule has 268 valence electrons. The van der Waals surface area contributed by atoms with Crippen molar-refractivity contribution in [2.45, 2.75) is 195 Å². The summed E-state index contributed by atoms with van der Waals surface area (Å²) in [4.78, 5) is 12.8. The maximum Gasteiger partial charge on any atom is 0.306 e. The van der Waals surface area contributed by atoms with Gasteiger partial charge in [-0.1, -0.05) is 129 Å². The molecular weight excluding hydrogens is 572 g/mol. The molecule has 0 aromatic carbocycles. The molecule has 0 heterocycles. The number of fused-ring (bicyclic) bond motifs is 5. The first-order valence-electron chi connectivity index (χ1n) is 20.9. The van der Waals surface area contributed by atoms with E-state index in [1.807, 2.05) is 0 Å². The Hall–Kier alpha value is -1.31. The molecule has 2 nitrogen and oxygen atoms in total. The van der Waals surface area contributed by atoms with Crippen molar-refractivity contribution in [3.8, 4) is 0 Å². The molecule has 4 rings (SSSR count). The van der Waals surface area contributed by atoms with Crippen LogP contribution < -0.4 is 0 Å². The Morgan fingerprint density at radius 3 is 2.30 bits per heavy atom. The van der Waals surface area contributed by atoms with E-state index in [-0.39, 0.29) is 12.1 Å². The van der Waals surface area contributed by atoms with Gasteiger partial charge in [0.25, 0.3) is 0 Å². The van der Waals surface area contributed by atoms with Crippen LogP contribution in [0.4, 0.5) is 0 Å². The van der Waals surface area contributed by atoms with Crippen molar-refractivity contribution in [2.75, 3.05) is 0 Å². The summed E-state index contributed by atoms with van der Waals surface area (Å²) in [6.07, 6.45) is 40.5. The average molecular weight is 649 g/mol. The van der Waals surface area contributed by atoms with E-state index >= 15 is 0 Å². The smallest absolute Gasteiger partial charge is 0.306 e. The zero-order chi connectivity index (χ0) is 33.7. The van der Waals surface area contributed by atoms with Gasteiger partial charge in [0, 0.05) is 12.8 Å². The van der Waals surface area contributed by atoms with Gasteiger partial charge in [0.05, 0.1) is 0 Å². The summed E-state index contributed by atoms with van der Waals surface area (Å²) in [5.74, 6) is 5.30. The second-order valence-corrected chi connectivity index (χ2v) is 17.6. The van der Waals surface area contributed by atoms with Crippen LogP contribution in [-0.4, -0.2) is 12.1 Å². The highest BCUT2D eigenvalue weighted by Gasteiger charge is 2.59. The fraction of sp³-hybridized carbons (Fsp3) is 0.844. The molecule has 0 bridgehead atoms. The van der Waals surface area contributed by atoms with Crippen LogP contribution in [0.3, 0.4) is 0 Å². The van der Waals surface area contributed by atoms with Crippen LogP contribution in [-0.2, 0) is 9.53 Å². The Balaban J connectivity index is 1.13. The van der Waals surface area contributed by atoms with Gasteiger partial charge < -0.3 is 4.74 Å². The molecule has 2 heteroatoms. The van der Waals surface area contributed by atoms with E-state index in [0.29, 0.717) is 17.3 Å². The van der Waals surface area contributed by atoms with Gasteiger partial charge in [-0.05, 0) is 130 Å². The van der Waals surface area contributed by atoms with Gasteiger partial charge >= 0.3 is 5.97 Å². The number of unbranched alkanes of at least 4 members (excludes halogenated alkanes) is 8. The summed E-state index contributed by atoms with van der Waals surface area (Å²) in [6.45, 7) is 14.9. The molecule has 8 atom stereocenters. The topological polar surface area (TPSA) is 26.3 Å². The third-order valence-electron chi connectivity index (χ3n) is 13.9. The van der Waals surface area contributed by atoms with Gasteiger partial charge in [0.2, 0.25) is 0 Å². The van der Waals surface area contributed by atoms with Crippen molar-refractivity contribution in [1.29, 1.82) is 0 Å². The molecule has 0 amide bonds. The maximum atomic E-state index is 12.8. The number of hydrogen-bond donors (Lipinski definition) is 0. The second kappa shape index (κ2) is 19.2. The molecule has 0 N–H and O–H groups in total. The Kier molecular flexibility index (Phi) is 15.7. The summed E-state index contributed by atoms with van der Waals surface area (Å²) in [5.41, 5.74) is 2.52. The SMILES string of the molecule is CCCCC/C=C/C/C=C/CCCCCCCC(=O)O[C@@H]1CC[C@]2(C)C(=CC[C@@H]3[C@H]2CC[C@]2(C)[C@@H]([C@H](C)CCCC(C)C)CC[C@@H]32)C1. The Labute approximate surface area is 292 Å². The zero-order valence-electron chi connectivity index (χ0n) is 32.0. The normalized spacial score (nSPS) is 32.7. The highest BCUT2D eigenvalue weighted by atomic mass is 16.5. The molecule has 0 aromatic rings. The fourth-order valence-electron chi connectivity index (χ4n) is 11.1. The van der Waals surface area contributed by atoms with Crippen molar-refractivity contribution in [1.82, 2.24) is 0 Å². The fourth-order valence-corrected chi connectivity index (χ4v) is 11.1. The lowest BCUT2D eigenvalue weighted by molar-refractivity contribution is -0.151. The number of rotatable bonds is 20. The molecular formula is C45H76O2. The summed E-state index contributed by atoms with van der Waals surface area (Å²) in [7, 11) is 0. The highest BCUT2D eigenvalue weighted by molar-refractivity contribution is 5.69. The second-order valence-electron chi connectivity index (χ2n) is 17.6. The predicted octanol–water partition coefficient (Wildman–Crippen LogP) is 13.8. The molecule has 0 radical (unpaired) electrons. The van der Waals surface area contributed by atoms with Crippen LogP contribution >= 0.6 is 0 Å². The lowest BCUT2D eigenvalue weighted by Crippen LogP contribution is -2.51. The molecule has 3 fully saturated rings. The molecule has 0 saturated heterocycles. The monoisotopic (exact) mass is 649 g/mol. The highest BCUT2D eigenvalue weighted by Crippen LogP contribution is 2.67. The van der Waals surface area contributed by atoms with E-state index in [1.165, 1.54) is 109 Å². The van der Waals surface area contributed by atoms with Crippen molar-refractivity contribution < 1.29 is 9.53 Å². The minimum Gasteiger partial charge on any atom is -0.462 e. The third kappa shape index (κ3) is 10.6. The quantitative estimate of drug-likeness (QED) is 0.0746. The molecule has 4 aliphatic carbocycles. The van der Waals surface area contributed by atoms with E-state index in [4.69, 9.17) is 4.74 Å². The molecule has 4 aliphatic rings. The Bertz CT molecular complexity index is 1020. The van der Waals surface area contributed by atoms with E-state index in [0.717, 1.165) is 67.6 Å². The van der Waals surface area contributed by atoms with Gasteiger partial charge in [-0.25, -0.2) is 0 Å². The number of carbonyl (C=O) groups is 1. The van der Waals surface area contributed by atoms with Crippen LogP contribution in [0.2, 0.25) is 0 Å². The Morgan fingerprint density at radius 1 is 0.830 bits per heavy atom.